The Morgan fingerprint density at radius 1 is 1.09 bits per heavy atom. The molecule has 0 spiro atoms. The highest BCUT2D eigenvalue weighted by molar-refractivity contribution is 6.30. The monoisotopic (exact) mass is 475 g/mol. The highest BCUT2D eigenvalue weighted by Gasteiger charge is 2.52. The molecule has 1 amide bonds. The first-order valence-electron chi connectivity index (χ1n) is 11.1. The maximum atomic E-state index is 14.0. The van der Waals surface area contributed by atoms with Gasteiger partial charge in [-0.05, 0) is 54.7 Å². The number of methoxy groups -OCH3 is 1. The van der Waals surface area contributed by atoms with E-state index in [9.17, 15) is 9.59 Å². The second-order valence-corrected chi connectivity index (χ2v) is 9.73. The maximum Gasteiger partial charge on any atom is 0.306 e. The Kier molecular flexibility index (Phi) is 7.89. The number of hydrogen-bond donors (Lipinski definition) is 0. The average Bonchev–Trinajstić information content (AvgIpc) is 2.78. The van der Waals surface area contributed by atoms with Gasteiger partial charge in [-0.25, -0.2) is 0 Å². The standard InChI is InChI=1S/C26H31Cl2NO3/c1-5-21(6-2)29-24(17-10-12-19(27)13-11-17)22(18-8-7-9-20(28)14-18)15-26(3,25(29)31)16-23(30)32-4/h7-14,21-22,24H,5-6,15-16H2,1-4H3/t22-,24-,26-/m1/s1. The second-order valence-electron chi connectivity index (χ2n) is 8.86. The number of amides is 1. The van der Waals surface area contributed by atoms with Crippen molar-refractivity contribution in [3.8, 4) is 0 Å². The number of halogens is 2. The smallest absolute Gasteiger partial charge is 0.306 e. The van der Waals surface area contributed by atoms with E-state index in [1.165, 1.54) is 7.11 Å². The van der Waals surface area contributed by atoms with Crippen molar-refractivity contribution in [3.05, 3.63) is 69.7 Å². The molecule has 0 unspecified atom stereocenters. The Labute approximate surface area is 200 Å². The predicted molar refractivity (Wildman–Crippen MR) is 129 cm³/mol. The number of likely N-dealkylation sites (tertiary alicyclic amines) is 1. The van der Waals surface area contributed by atoms with E-state index in [0.29, 0.717) is 16.5 Å². The third-order valence-corrected chi connectivity index (χ3v) is 7.18. The zero-order valence-corrected chi connectivity index (χ0v) is 20.6. The summed E-state index contributed by atoms with van der Waals surface area (Å²) in [7, 11) is 1.36. The van der Waals surface area contributed by atoms with Gasteiger partial charge in [-0.3, -0.25) is 9.59 Å². The fraction of sp³-hybridized carbons (Fsp3) is 0.462. The third-order valence-electron chi connectivity index (χ3n) is 6.69. The molecule has 0 bridgehead atoms. The molecule has 6 heteroatoms. The largest absolute Gasteiger partial charge is 0.469 e. The number of esters is 1. The van der Waals surface area contributed by atoms with Crippen LogP contribution in [0.2, 0.25) is 10.0 Å². The molecule has 0 aliphatic carbocycles. The van der Waals surface area contributed by atoms with Crippen molar-refractivity contribution >= 4 is 35.1 Å². The van der Waals surface area contributed by atoms with E-state index in [0.717, 1.165) is 24.0 Å². The zero-order chi connectivity index (χ0) is 23.5. The first kappa shape index (κ1) is 24.6. The van der Waals surface area contributed by atoms with Gasteiger partial charge in [-0.2, -0.15) is 0 Å². The normalized spacial score (nSPS) is 23.5. The van der Waals surface area contributed by atoms with Crippen molar-refractivity contribution in [1.29, 1.82) is 0 Å². The van der Waals surface area contributed by atoms with Gasteiger partial charge in [0.25, 0.3) is 0 Å². The summed E-state index contributed by atoms with van der Waals surface area (Å²) in [6.07, 6.45) is 2.21. The number of carbonyl (C=O) groups excluding carboxylic acids is 2. The van der Waals surface area contributed by atoms with Gasteiger partial charge in [0, 0.05) is 22.0 Å². The number of hydrogen-bond acceptors (Lipinski definition) is 3. The van der Waals surface area contributed by atoms with Gasteiger partial charge in [0.1, 0.15) is 0 Å². The topological polar surface area (TPSA) is 46.6 Å². The number of carbonyl (C=O) groups is 2. The fourth-order valence-electron chi connectivity index (χ4n) is 5.02. The van der Waals surface area contributed by atoms with Gasteiger partial charge in [-0.15, -0.1) is 0 Å². The van der Waals surface area contributed by atoms with Crippen molar-refractivity contribution in [2.45, 2.75) is 64.5 Å². The van der Waals surface area contributed by atoms with Crippen LogP contribution in [0.4, 0.5) is 0 Å². The van der Waals surface area contributed by atoms with Crippen molar-refractivity contribution < 1.29 is 14.3 Å². The Bertz CT molecular complexity index is 958. The number of ether oxygens (including phenoxy) is 1. The summed E-state index contributed by atoms with van der Waals surface area (Å²) >= 11 is 12.5. The molecular weight excluding hydrogens is 445 g/mol. The van der Waals surface area contributed by atoms with Gasteiger partial charge in [0.15, 0.2) is 0 Å². The third kappa shape index (κ3) is 4.97. The molecule has 32 heavy (non-hydrogen) atoms. The van der Waals surface area contributed by atoms with Crippen LogP contribution in [0.25, 0.3) is 0 Å². The molecule has 1 aliphatic rings. The molecule has 0 N–H and O–H groups in total. The lowest BCUT2D eigenvalue weighted by Crippen LogP contribution is -2.56. The van der Waals surface area contributed by atoms with E-state index in [4.69, 9.17) is 27.9 Å². The van der Waals surface area contributed by atoms with E-state index in [1.807, 2.05) is 54.3 Å². The minimum atomic E-state index is -0.869. The molecule has 172 valence electrons. The van der Waals surface area contributed by atoms with Crippen LogP contribution >= 0.6 is 23.2 Å². The van der Waals surface area contributed by atoms with Crippen LogP contribution in [0.1, 0.15) is 69.5 Å². The molecule has 1 aliphatic heterocycles. The summed E-state index contributed by atoms with van der Waals surface area (Å²) < 4.78 is 4.95. The molecule has 0 radical (unpaired) electrons. The van der Waals surface area contributed by atoms with Crippen LogP contribution < -0.4 is 0 Å². The SMILES string of the molecule is CCC(CC)N1C(=O)[C@@](C)(CC(=O)OC)C[C@H](c2cccc(Cl)c2)[C@H]1c1ccc(Cl)cc1. The molecule has 1 heterocycles. The summed E-state index contributed by atoms with van der Waals surface area (Å²) in [6.45, 7) is 6.08. The van der Waals surface area contributed by atoms with Gasteiger partial charge < -0.3 is 9.64 Å². The van der Waals surface area contributed by atoms with Crippen LogP contribution in [0.3, 0.4) is 0 Å². The molecular formula is C26H31Cl2NO3. The van der Waals surface area contributed by atoms with Crippen LogP contribution in [0.5, 0.6) is 0 Å². The summed E-state index contributed by atoms with van der Waals surface area (Å²) in [5.74, 6) is -0.419. The second kappa shape index (κ2) is 10.3. The van der Waals surface area contributed by atoms with Crippen LogP contribution in [-0.4, -0.2) is 29.9 Å². The maximum absolute atomic E-state index is 14.0. The Hall–Kier alpha value is -2.04. The van der Waals surface area contributed by atoms with E-state index < -0.39 is 5.41 Å². The van der Waals surface area contributed by atoms with Crippen molar-refractivity contribution in [2.24, 2.45) is 5.41 Å². The van der Waals surface area contributed by atoms with E-state index in [1.54, 1.807) is 0 Å². The quantitative estimate of drug-likeness (QED) is 0.413. The lowest BCUT2D eigenvalue weighted by molar-refractivity contribution is -0.161. The zero-order valence-electron chi connectivity index (χ0n) is 19.1. The molecule has 3 atom stereocenters. The average molecular weight is 476 g/mol. The van der Waals surface area contributed by atoms with Crippen LogP contribution in [0.15, 0.2) is 48.5 Å². The highest BCUT2D eigenvalue weighted by Crippen LogP contribution is 2.52. The lowest BCUT2D eigenvalue weighted by Gasteiger charge is -2.52. The minimum absolute atomic E-state index is 0.00479. The van der Waals surface area contributed by atoms with Crippen molar-refractivity contribution in [3.63, 3.8) is 0 Å². The summed E-state index contributed by atoms with van der Waals surface area (Å²) in [5.41, 5.74) is 1.21. The Balaban J connectivity index is 2.21. The van der Waals surface area contributed by atoms with Gasteiger partial charge in [-0.1, -0.05) is 68.2 Å². The Morgan fingerprint density at radius 2 is 1.75 bits per heavy atom. The van der Waals surface area contributed by atoms with E-state index in [2.05, 4.69) is 19.9 Å². The molecule has 3 rings (SSSR count). The predicted octanol–water partition coefficient (Wildman–Crippen LogP) is 6.81. The number of rotatable bonds is 7. The number of piperidine rings is 1. The van der Waals surface area contributed by atoms with E-state index >= 15 is 0 Å². The highest BCUT2D eigenvalue weighted by atomic mass is 35.5. The first-order valence-corrected chi connectivity index (χ1v) is 11.9. The molecule has 1 fully saturated rings. The summed E-state index contributed by atoms with van der Waals surface area (Å²) in [4.78, 5) is 28.3. The van der Waals surface area contributed by atoms with Gasteiger partial charge in [0.05, 0.1) is 25.0 Å². The minimum Gasteiger partial charge on any atom is -0.469 e. The van der Waals surface area contributed by atoms with Crippen molar-refractivity contribution in [1.82, 2.24) is 4.90 Å². The molecule has 0 aromatic heterocycles. The molecule has 0 saturated carbocycles. The molecule has 2 aromatic carbocycles. The summed E-state index contributed by atoms with van der Waals surface area (Å²) in [5, 5.41) is 1.30. The van der Waals surface area contributed by atoms with Crippen molar-refractivity contribution in [2.75, 3.05) is 7.11 Å². The first-order chi connectivity index (χ1) is 15.2. The number of benzene rings is 2. The van der Waals surface area contributed by atoms with E-state index in [-0.39, 0.29) is 36.3 Å². The lowest BCUT2D eigenvalue weighted by atomic mass is 9.67. The molecule has 4 nitrogen and oxygen atoms in total. The van der Waals surface area contributed by atoms with Gasteiger partial charge in [0.2, 0.25) is 5.91 Å². The Morgan fingerprint density at radius 3 is 2.31 bits per heavy atom. The summed E-state index contributed by atoms with van der Waals surface area (Å²) in [6, 6.07) is 15.4. The number of nitrogens with zero attached hydrogens (tertiary/aromatic N) is 1. The molecule has 2 aromatic rings. The van der Waals surface area contributed by atoms with Crippen LogP contribution in [-0.2, 0) is 14.3 Å². The fourth-order valence-corrected chi connectivity index (χ4v) is 5.34. The van der Waals surface area contributed by atoms with Crippen LogP contribution in [0, 0.1) is 5.41 Å². The van der Waals surface area contributed by atoms with Gasteiger partial charge >= 0.3 is 5.97 Å². The molecule has 1 saturated heterocycles.